The van der Waals surface area contributed by atoms with Crippen LogP contribution < -0.4 is 0 Å². The van der Waals surface area contributed by atoms with Gasteiger partial charge in [-0.05, 0) is 37.0 Å². The molecule has 2 aliphatic heterocycles. The third kappa shape index (κ3) is 3.72. The SMILES string of the molecule is O=C(Cc1cccc(F)c1)N1CC[C@]2(CCC[C@@H]2C(=O)N2CCOCC2)C1. The second kappa shape index (κ2) is 7.58. The fraction of sp³-hybridized carbons (Fsp3) is 0.619. The highest BCUT2D eigenvalue weighted by Gasteiger charge is 2.52. The Morgan fingerprint density at radius 2 is 1.96 bits per heavy atom. The summed E-state index contributed by atoms with van der Waals surface area (Å²) in [7, 11) is 0. The lowest BCUT2D eigenvalue weighted by Crippen LogP contribution is -2.47. The number of likely N-dealkylation sites (tertiary alicyclic amines) is 1. The van der Waals surface area contributed by atoms with Gasteiger partial charge < -0.3 is 14.5 Å². The number of carbonyl (C=O) groups is 2. The van der Waals surface area contributed by atoms with E-state index in [9.17, 15) is 14.0 Å². The van der Waals surface area contributed by atoms with E-state index in [1.165, 1.54) is 12.1 Å². The maximum atomic E-state index is 13.4. The molecule has 5 nitrogen and oxygen atoms in total. The molecule has 2 saturated heterocycles. The van der Waals surface area contributed by atoms with Crippen LogP contribution in [-0.2, 0) is 20.7 Å². The zero-order chi connectivity index (χ0) is 18.9. The standard InChI is InChI=1S/C21H27FN2O3/c22-17-4-1-3-16(13-17)14-19(25)24-8-7-21(15-24)6-2-5-18(21)20(26)23-9-11-27-12-10-23/h1,3-4,13,18H,2,5-12,14-15H2/t18-,21-/m1/s1. The maximum absolute atomic E-state index is 13.4. The molecule has 0 aromatic heterocycles. The van der Waals surface area contributed by atoms with Crippen LogP contribution in [0.1, 0.15) is 31.2 Å². The molecule has 27 heavy (non-hydrogen) atoms. The fourth-order valence-electron chi connectivity index (χ4n) is 5.06. The van der Waals surface area contributed by atoms with Crippen molar-refractivity contribution in [3.8, 4) is 0 Å². The molecule has 1 aromatic carbocycles. The van der Waals surface area contributed by atoms with Crippen molar-refractivity contribution in [3.63, 3.8) is 0 Å². The first-order valence-electron chi connectivity index (χ1n) is 9.96. The summed E-state index contributed by atoms with van der Waals surface area (Å²) < 4.78 is 18.7. The van der Waals surface area contributed by atoms with Crippen LogP contribution in [0.15, 0.2) is 24.3 Å². The van der Waals surface area contributed by atoms with Crippen LogP contribution in [0.2, 0.25) is 0 Å². The van der Waals surface area contributed by atoms with E-state index in [4.69, 9.17) is 4.74 Å². The minimum absolute atomic E-state index is 0.0163. The zero-order valence-corrected chi connectivity index (χ0v) is 15.7. The van der Waals surface area contributed by atoms with Gasteiger partial charge in [0, 0.05) is 37.5 Å². The second-order valence-corrected chi connectivity index (χ2v) is 8.12. The first-order chi connectivity index (χ1) is 13.1. The van der Waals surface area contributed by atoms with Gasteiger partial charge in [-0.25, -0.2) is 4.39 Å². The second-order valence-electron chi connectivity index (χ2n) is 8.12. The summed E-state index contributed by atoms with van der Waals surface area (Å²) in [5.74, 6) is -0.0232. The fourth-order valence-corrected chi connectivity index (χ4v) is 5.06. The summed E-state index contributed by atoms with van der Waals surface area (Å²) >= 11 is 0. The van der Waals surface area contributed by atoms with Crippen LogP contribution in [0.4, 0.5) is 4.39 Å². The third-order valence-electron chi connectivity index (χ3n) is 6.51. The van der Waals surface area contributed by atoms with Gasteiger partial charge in [-0.2, -0.15) is 0 Å². The third-order valence-corrected chi connectivity index (χ3v) is 6.51. The minimum Gasteiger partial charge on any atom is -0.378 e. The number of rotatable bonds is 3. The largest absolute Gasteiger partial charge is 0.378 e. The zero-order valence-electron chi connectivity index (χ0n) is 15.7. The maximum Gasteiger partial charge on any atom is 0.227 e. The number of benzene rings is 1. The van der Waals surface area contributed by atoms with Crippen LogP contribution in [0.3, 0.4) is 0 Å². The molecule has 0 bridgehead atoms. The lowest BCUT2D eigenvalue weighted by molar-refractivity contribution is -0.143. The van der Waals surface area contributed by atoms with E-state index in [1.807, 2.05) is 9.80 Å². The molecule has 146 valence electrons. The van der Waals surface area contributed by atoms with Gasteiger partial charge in [0.25, 0.3) is 0 Å². The van der Waals surface area contributed by atoms with E-state index in [1.54, 1.807) is 12.1 Å². The summed E-state index contributed by atoms with van der Waals surface area (Å²) in [6.07, 6.45) is 4.09. The molecule has 2 heterocycles. The Kier molecular flexibility index (Phi) is 5.17. The number of hydrogen-bond acceptors (Lipinski definition) is 3. The summed E-state index contributed by atoms with van der Waals surface area (Å²) in [5.41, 5.74) is 0.626. The van der Waals surface area contributed by atoms with Crippen molar-refractivity contribution in [2.24, 2.45) is 11.3 Å². The van der Waals surface area contributed by atoms with Gasteiger partial charge in [-0.3, -0.25) is 9.59 Å². The highest BCUT2D eigenvalue weighted by Crippen LogP contribution is 2.50. The summed E-state index contributed by atoms with van der Waals surface area (Å²) in [4.78, 5) is 29.7. The van der Waals surface area contributed by atoms with E-state index < -0.39 is 0 Å². The van der Waals surface area contributed by atoms with Crippen LogP contribution in [0.5, 0.6) is 0 Å². The normalized spacial score (nSPS) is 28.1. The predicted octanol–water partition coefficient (Wildman–Crippen LogP) is 2.25. The van der Waals surface area contributed by atoms with Crippen molar-refractivity contribution in [1.29, 1.82) is 0 Å². The monoisotopic (exact) mass is 374 g/mol. The topological polar surface area (TPSA) is 49.9 Å². The van der Waals surface area contributed by atoms with E-state index in [-0.39, 0.29) is 35.4 Å². The van der Waals surface area contributed by atoms with Gasteiger partial charge in [-0.1, -0.05) is 18.6 Å². The Morgan fingerprint density at radius 1 is 1.15 bits per heavy atom. The molecule has 4 rings (SSSR count). The first kappa shape index (κ1) is 18.4. The van der Waals surface area contributed by atoms with Crippen molar-refractivity contribution in [2.75, 3.05) is 39.4 Å². The molecule has 1 aromatic rings. The Labute approximate surface area is 159 Å². The van der Waals surface area contributed by atoms with Gasteiger partial charge in [0.05, 0.1) is 19.6 Å². The molecule has 3 fully saturated rings. The lowest BCUT2D eigenvalue weighted by atomic mass is 9.76. The molecule has 1 saturated carbocycles. The van der Waals surface area contributed by atoms with Crippen molar-refractivity contribution in [1.82, 2.24) is 9.80 Å². The highest BCUT2D eigenvalue weighted by atomic mass is 19.1. The molecule has 0 N–H and O–H groups in total. The average molecular weight is 374 g/mol. The summed E-state index contributed by atoms with van der Waals surface area (Å²) in [6, 6.07) is 6.23. The minimum atomic E-state index is -0.315. The van der Waals surface area contributed by atoms with Crippen LogP contribution in [0, 0.1) is 17.2 Å². The predicted molar refractivity (Wildman–Crippen MR) is 98.5 cm³/mol. The molecule has 0 radical (unpaired) electrons. The molecule has 2 amide bonds. The van der Waals surface area contributed by atoms with E-state index in [2.05, 4.69) is 0 Å². The quantitative estimate of drug-likeness (QED) is 0.815. The van der Waals surface area contributed by atoms with Crippen molar-refractivity contribution in [3.05, 3.63) is 35.6 Å². The molecule has 0 unspecified atom stereocenters. The molecule has 3 aliphatic rings. The van der Waals surface area contributed by atoms with Crippen molar-refractivity contribution < 1.29 is 18.7 Å². The molecule has 1 aliphatic carbocycles. The Morgan fingerprint density at radius 3 is 2.74 bits per heavy atom. The molecule has 6 heteroatoms. The molecular weight excluding hydrogens is 347 g/mol. The van der Waals surface area contributed by atoms with Crippen LogP contribution in [-0.4, -0.2) is 61.0 Å². The number of morpholine rings is 1. The average Bonchev–Trinajstić information content (AvgIpc) is 3.29. The Bertz CT molecular complexity index is 719. The number of hydrogen-bond donors (Lipinski definition) is 0. The first-order valence-corrected chi connectivity index (χ1v) is 9.96. The lowest BCUT2D eigenvalue weighted by Gasteiger charge is -2.36. The number of nitrogens with zero attached hydrogens (tertiary/aromatic N) is 2. The molecular formula is C21H27FN2O3. The van der Waals surface area contributed by atoms with E-state index in [0.717, 1.165) is 25.7 Å². The van der Waals surface area contributed by atoms with Gasteiger partial charge in [0.15, 0.2) is 0 Å². The van der Waals surface area contributed by atoms with Gasteiger partial charge in [0.2, 0.25) is 11.8 Å². The smallest absolute Gasteiger partial charge is 0.227 e. The number of ether oxygens (including phenoxy) is 1. The van der Waals surface area contributed by atoms with Gasteiger partial charge in [-0.15, -0.1) is 0 Å². The van der Waals surface area contributed by atoms with Gasteiger partial charge >= 0.3 is 0 Å². The van der Waals surface area contributed by atoms with Crippen LogP contribution >= 0.6 is 0 Å². The molecule has 1 spiro atoms. The van der Waals surface area contributed by atoms with Crippen LogP contribution in [0.25, 0.3) is 0 Å². The van der Waals surface area contributed by atoms with E-state index >= 15 is 0 Å². The highest BCUT2D eigenvalue weighted by molar-refractivity contribution is 5.82. The van der Waals surface area contributed by atoms with Gasteiger partial charge in [0.1, 0.15) is 5.82 Å². The number of halogens is 1. The molecule has 2 atom stereocenters. The van der Waals surface area contributed by atoms with Crippen molar-refractivity contribution in [2.45, 2.75) is 32.1 Å². The van der Waals surface area contributed by atoms with E-state index in [0.29, 0.717) is 45.0 Å². The summed E-state index contributed by atoms with van der Waals surface area (Å²) in [5, 5.41) is 0. The summed E-state index contributed by atoms with van der Waals surface area (Å²) in [6.45, 7) is 3.93. The Balaban J connectivity index is 1.42. The Hall–Kier alpha value is -1.95. The number of carbonyl (C=O) groups excluding carboxylic acids is 2. The van der Waals surface area contributed by atoms with Crippen molar-refractivity contribution >= 4 is 11.8 Å². The number of amides is 2.